The maximum atomic E-state index is 13.6. The molecule has 0 radical (unpaired) electrons. The SMILES string of the molecule is C#Cc1cc2c(=O)nc(CCCC)[nH]c2cc1F. The van der Waals surface area contributed by atoms with E-state index in [1.807, 2.05) is 0 Å². The Morgan fingerprint density at radius 1 is 1.50 bits per heavy atom. The minimum Gasteiger partial charge on any atom is -0.343 e. The summed E-state index contributed by atoms with van der Waals surface area (Å²) in [7, 11) is 0. The average Bonchev–Trinajstić information content (AvgIpc) is 2.35. The number of nitrogens with one attached hydrogen (secondary N) is 1. The van der Waals surface area contributed by atoms with Crippen molar-refractivity contribution >= 4 is 10.9 Å². The summed E-state index contributed by atoms with van der Waals surface area (Å²) in [6.07, 6.45) is 7.78. The van der Waals surface area contributed by atoms with Gasteiger partial charge in [0.05, 0.1) is 16.5 Å². The Kier molecular flexibility index (Phi) is 3.42. The zero-order valence-electron chi connectivity index (χ0n) is 10.1. The van der Waals surface area contributed by atoms with E-state index in [4.69, 9.17) is 6.42 Å². The first-order chi connectivity index (χ1) is 8.65. The molecule has 1 aromatic heterocycles. The van der Waals surface area contributed by atoms with Crippen molar-refractivity contribution in [2.24, 2.45) is 0 Å². The monoisotopic (exact) mass is 244 g/mol. The van der Waals surface area contributed by atoms with Crippen molar-refractivity contribution in [1.29, 1.82) is 0 Å². The third-order valence-corrected chi connectivity index (χ3v) is 2.78. The first kappa shape index (κ1) is 12.3. The molecule has 0 saturated heterocycles. The highest BCUT2D eigenvalue weighted by molar-refractivity contribution is 5.79. The van der Waals surface area contributed by atoms with Gasteiger partial charge in [0, 0.05) is 6.42 Å². The van der Waals surface area contributed by atoms with Crippen molar-refractivity contribution in [2.45, 2.75) is 26.2 Å². The Labute approximate surface area is 104 Å². The van der Waals surface area contributed by atoms with Crippen LogP contribution in [0.4, 0.5) is 4.39 Å². The summed E-state index contributed by atoms with van der Waals surface area (Å²) in [5.41, 5.74) is 0.153. The highest BCUT2D eigenvalue weighted by Crippen LogP contribution is 2.14. The van der Waals surface area contributed by atoms with Gasteiger partial charge < -0.3 is 4.98 Å². The molecular weight excluding hydrogens is 231 g/mol. The van der Waals surface area contributed by atoms with Crippen LogP contribution in [0.15, 0.2) is 16.9 Å². The fraction of sp³-hybridized carbons (Fsp3) is 0.286. The first-order valence-corrected chi connectivity index (χ1v) is 5.84. The lowest BCUT2D eigenvalue weighted by atomic mass is 10.1. The number of aromatic nitrogens is 2. The highest BCUT2D eigenvalue weighted by Gasteiger charge is 2.08. The molecule has 0 fully saturated rings. The van der Waals surface area contributed by atoms with Gasteiger partial charge in [-0.05, 0) is 18.6 Å². The number of benzene rings is 1. The van der Waals surface area contributed by atoms with Crippen LogP contribution < -0.4 is 5.56 Å². The second kappa shape index (κ2) is 5.01. The number of fused-ring (bicyclic) bond motifs is 1. The summed E-state index contributed by atoms with van der Waals surface area (Å²) in [6.45, 7) is 2.05. The van der Waals surface area contributed by atoms with Crippen molar-refractivity contribution < 1.29 is 4.39 Å². The molecule has 0 unspecified atom stereocenters. The van der Waals surface area contributed by atoms with Gasteiger partial charge in [0.25, 0.3) is 5.56 Å². The van der Waals surface area contributed by atoms with Gasteiger partial charge in [-0.15, -0.1) is 6.42 Å². The second-order valence-electron chi connectivity index (χ2n) is 4.11. The van der Waals surface area contributed by atoms with Gasteiger partial charge in [-0.25, -0.2) is 4.39 Å². The number of hydrogen-bond acceptors (Lipinski definition) is 2. The van der Waals surface area contributed by atoms with Crippen LogP contribution >= 0.6 is 0 Å². The minimum absolute atomic E-state index is 0.0797. The number of aryl methyl sites for hydroxylation is 1. The van der Waals surface area contributed by atoms with Crippen LogP contribution in [0.1, 0.15) is 31.2 Å². The van der Waals surface area contributed by atoms with Crippen LogP contribution in [0.5, 0.6) is 0 Å². The van der Waals surface area contributed by atoms with Gasteiger partial charge in [-0.2, -0.15) is 4.98 Å². The van der Waals surface area contributed by atoms with Crippen molar-refractivity contribution in [1.82, 2.24) is 9.97 Å². The summed E-state index contributed by atoms with van der Waals surface area (Å²) in [4.78, 5) is 18.7. The Balaban J connectivity index is 2.60. The molecule has 0 aliphatic rings. The van der Waals surface area contributed by atoms with E-state index in [2.05, 4.69) is 22.8 Å². The summed E-state index contributed by atoms with van der Waals surface area (Å²) >= 11 is 0. The molecule has 0 spiro atoms. The van der Waals surface area contributed by atoms with Crippen molar-refractivity contribution in [3.05, 3.63) is 39.7 Å². The Morgan fingerprint density at radius 2 is 2.28 bits per heavy atom. The molecule has 0 aliphatic heterocycles. The fourth-order valence-electron chi connectivity index (χ4n) is 1.79. The molecule has 92 valence electrons. The van der Waals surface area contributed by atoms with Gasteiger partial charge in [-0.3, -0.25) is 4.79 Å². The normalized spacial score (nSPS) is 10.5. The third-order valence-electron chi connectivity index (χ3n) is 2.78. The molecule has 0 aliphatic carbocycles. The lowest BCUT2D eigenvalue weighted by Crippen LogP contribution is -2.12. The van der Waals surface area contributed by atoms with E-state index in [1.54, 1.807) is 0 Å². The number of aromatic amines is 1. The van der Waals surface area contributed by atoms with Gasteiger partial charge in [0.2, 0.25) is 0 Å². The fourth-order valence-corrected chi connectivity index (χ4v) is 1.79. The van der Waals surface area contributed by atoms with E-state index < -0.39 is 5.82 Å². The van der Waals surface area contributed by atoms with E-state index in [1.165, 1.54) is 12.1 Å². The van der Waals surface area contributed by atoms with Crippen LogP contribution in [-0.2, 0) is 6.42 Å². The van der Waals surface area contributed by atoms with Crippen molar-refractivity contribution in [3.63, 3.8) is 0 Å². The van der Waals surface area contributed by atoms with Crippen LogP contribution in [0.2, 0.25) is 0 Å². The average molecular weight is 244 g/mol. The number of unbranched alkanes of at least 4 members (excludes halogenated alkanes) is 1. The van der Waals surface area contributed by atoms with Crippen molar-refractivity contribution in [2.75, 3.05) is 0 Å². The molecule has 2 rings (SSSR count). The summed E-state index contributed by atoms with van der Waals surface area (Å²) in [6, 6.07) is 2.61. The zero-order valence-corrected chi connectivity index (χ0v) is 10.1. The van der Waals surface area contributed by atoms with E-state index in [9.17, 15) is 9.18 Å². The maximum Gasteiger partial charge on any atom is 0.280 e. The van der Waals surface area contributed by atoms with Crippen LogP contribution in [-0.4, -0.2) is 9.97 Å². The Bertz CT molecular complexity index is 682. The molecule has 0 saturated carbocycles. The molecule has 1 N–H and O–H groups in total. The van der Waals surface area contributed by atoms with E-state index >= 15 is 0 Å². The van der Waals surface area contributed by atoms with Gasteiger partial charge in [0.15, 0.2) is 0 Å². The van der Waals surface area contributed by atoms with Crippen molar-refractivity contribution in [3.8, 4) is 12.3 Å². The van der Waals surface area contributed by atoms with E-state index in [0.717, 1.165) is 12.8 Å². The van der Waals surface area contributed by atoms with Crippen LogP contribution in [0.25, 0.3) is 10.9 Å². The Morgan fingerprint density at radius 3 is 2.94 bits per heavy atom. The zero-order chi connectivity index (χ0) is 13.1. The van der Waals surface area contributed by atoms with Gasteiger partial charge in [-0.1, -0.05) is 19.3 Å². The molecule has 2 aromatic rings. The molecular formula is C14H13FN2O. The predicted octanol–water partition coefficient (Wildman–Crippen LogP) is 2.39. The summed E-state index contributed by atoms with van der Waals surface area (Å²) in [5, 5.41) is 0.324. The summed E-state index contributed by atoms with van der Waals surface area (Å²) < 4.78 is 13.6. The number of terminal acetylenes is 1. The molecule has 18 heavy (non-hydrogen) atoms. The molecule has 0 atom stereocenters. The molecule has 4 heteroatoms. The summed E-state index contributed by atoms with van der Waals surface area (Å²) in [5.74, 6) is 2.29. The maximum absolute atomic E-state index is 13.6. The molecule has 0 bridgehead atoms. The molecule has 3 nitrogen and oxygen atoms in total. The minimum atomic E-state index is -0.506. The van der Waals surface area contributed by atoms with E-state index in [-0.39, 0.29) is 11.1 Å². The van der Waals surface area contributed by atoms with Gasteiger partial charge in [0.1, 0.15) is 11.6 Å². The Hall–Kier alpha value is -2.15. The standard InChI is InChI=1S/C14H13FN2O/c1-3-5-6-13-16-12-8-11(15)9(4-2)7-10(12)14(18)17-13/h2,7-8H,3,5-6H2,1H3,(H,16,17,18). The number of rotatable bonds is 3. The lowest BCUT2D eigenvalue weighted by Gasteiger charge is -2.04. The molecule has 1 heterocycles. The largest absolute Gasteiger partial charge is 0.343 e. The first-order valence-electron chi connectivity index (χ1n) is 5.84. The number of H-pyrrole nitrogens is 1. The van der Waals surface area contributed by atoms with E-state index in [0.29, 0.717) is 23.1 Å². The molecule has 0 amide bonds. The van der Waals surface area contributed by atoms with Crippen LogP contribution in [0.3, 0.4) is 0 Å². The highest BCUT2D eigenvalue weighted by atomic mass is 19.1. The smallest absolute Gasteiger partial charge is 0.280 e. The molecule has 1 aromatic carbocycles. The number of halogens is 1. The predicted molar refractivity (Wildman–Crippen MR) is 68.9 cm³/mol. The third kappa shape index (κ3) is 2.25. The topological polar surface area (TPSA) is 45.8 Å². The number of nitrogens with zero attached hydrogens (tertiary/aromatic N) is 1. The second-order valence-corrected chi connectivity index (χ2v) is 4.11. The number of hydrogen-bond donors (Lipinski definition) is 1. The lowest BCUT2D eigenvalue weighted by molar-refractivity contribution is 0.625. The quantitative estimate of drug-likeness (QED) is 0.842. The van der Waals surface area contributed by atoms with Gasteiger partial charge >= 0.3 is 0 Å². The van der Waals surface area contributed by atoms with Crippen LogP contribution in [0, 0.1) is 18.2 Å².